The molecule has 0 radical (unpaired) electrons. The molecule has 38 heavy (non-hydrogen) atoms. The summed E-state index contributed by atoms with van der Waals surface area (Å²) in [6, 6.07) is 6.52. The third kappa shape index (κ3) is 4.71. The van der Waals surface area contributed by atoms with E-state index in [4.69, 9.17) is 10.1 Å². The van der Waals surface area contributed by atoms with Crippen LogP contribution in [0.2, 0.25) is 0 Å². The van der Waals surface area contributed by atoms with Crippen LogP contribution in [-0.2, 0) is 26.2 Å². The smallest absolute Gasteiger partial charge is 0.435 e. The van der Waals surface area contributed by atoms with Gasteiger partial charge >= 0.3 is 6.18 Å². The predicted molar refractivity (Wildman–Crippen MR) is 135 cm³/mol. The molecule has 1 amide bonds. The second kappa shape index (κ2) is 9.75. The average molecular weight is 543 g/mol. The first kappa shape index (κ1) is 25.7. The van der Waals surface area contributed by atoms with Gasteiger partial charge in [0.25, 0.3) is 5.91 Å². The summed E-state index contributed by atoms with van der Waals surface area (Å²) in [6.07, 6.45) is 0.401. The van der Waals surface area contributed by atoms with Gasteiger partial charge in [-0.1, -0.05) is 0 Å². The second-order valence-corrected chi connectivity index (χ2v) is 10.0. The minimum atomic E-state index is -4.66. The number of halogens is 3. The highest BCUT2D eigenvalue weighted by molar-refractivity contribution is 7.06. The van der Waals surface area contributed by atoms with Crippen LogP contribution in [0.15, 0.2) is 48.2 Å². The molecule has 1 aromatic carbocycles. The Kier molecular flexibility index (Phi) is 6.59. The number of carbonyl (C=O) groups is 1. The van der Waals surface area contributed by atoms with E-state index in [0.717, 1.165) is 4.68 Å². The van der Waals surface area contributed by atoms with E-state index in [1.165, 1.54) is 24.6 Å². The molecule has 1 atom stereocenters. The Morgan fingerprint density at radius 3 is 2.66 bits per heavy atom. The molecule has 198 valence electrons. The standard InChI is InChI=1S/C26H25F3N6O2S/c1-15(22-12-17(37-3)4-6-31-22)35-7-5-18-19(21-14-33(2)32-23(21)26(27,28)29)10-16(11-20(18)24(35)36)13-34-8-9-38-25(34)30/h4,6,8-12,14-15,30H,5,7,13H2,1-3H3/t15-/m0/s1. The topological polar surface area (TPSA) is 89.0 Å². The lowest BCUT2D eigenvalue weighted by Crippen LogP contribution is -2.40. The molecule has 0 unspecified atom stereocenters. The van der Waals surface area contributed by atoms with Crippen LogP contribution >= 0.6 is 11.3 Å². The van der Waals surface area contributed by atoms with Crippen molar-refractivity contribution in [2.75, 3.05) is 13.7 Å². The van der Waals surface area contributed by atoms with E-state index in [1.54, 1.807) is 58.6 Å². The van der Waals surface area contributed by atoms with Gasteiger partial charge in [0.05, 0.1) is 18.8 Å². The number of alkyl halides is 3. The van der Waals surface area contributed by atoms with Gasteiger partial charge in [0, 0.05) is 61.3 Å². The molecule has 0 aliphatic carbocycles. The van der Waals surface area contributed by atoms with Crippen molar-refractivity contribution in [3.05, 3.63) is 81.1 Å². The number of hydrogen-bond acceptors (Lipinski definition) is 6. The number of ether oxygens (including phenoxy) is 1. The van der Waals surface area contributed by atoms with Gasteiger partial charge in [0.15, 0.2) is 10.5 Å². The molecule has 0 saturated carbocycles. The molecule has 4 heterocycles. The number of hydrogen-bond donors (Lipinski definition) is 1. The van der Waals surface area contributed by atoms with Gasteiger partial charge in [-0.05, 0) is 48.2 Å². The summed E-state index contributed by atoms with van der Waals surface area (Å²) in [5.74, 6) is 0.330. The maximum absolute atomic E-state index is 13.9. The molecule has 3 aromatic heterocycles. The molecule has 5 rings (SSSR count). The molecule has 1 aliphatic heterocycles. The van der Waals surface area contributed by atoms with Crippen molar-refractivity contribution in [2.45, 2.75) is 32.1 Å². The molecule has 4 aromatic rings. The number of carbonyl (C=O) groups excluding carboxylic acids is 1. The molecule has 1 N–H and O–H groups in total. The van der Waals surface area contributed by atoms with Gasteiger partial charge in [0.2, 0.25) is 0 Å². The lowest BCUT2D eigenvalue weighted by atomic mass is 9.87. The zero-order valence-electron chi connectivity index (χ0n) is 20.9. The van der Waals surface area contributed by atoms with Crippen LogP contribution < -0.4 is 9.54 Å². The number of benzene rings is 1. The molecule has 0 spiro atoms. The van der Waals surface area contributed by atoms with E-state index in [-0.39, 0.29) is 24.1 Å². The van der Waals surface area contributed by atoms with E-state index >= 15 is 0 Å². The number of fused-ring (bicyclic) bond motifs is 1. The Morgan fingerprint density at radius 2 is 1.97 bits per heavy atom. The number of amides is 1. The largest absolute Gasteiger partial charge is 0.497 e. The highest BCUT2D eigenvalue weighted by Gasteiger charge is 2.39. The minimum Gasteiger partial charge on any atom is -0.497 e. The number of pyridine rings is 1. The lowest BCUT2D eigenvalue weighted by Gasteiger charge is -2.34. The third-order valence-corrected chi connectivity index (χ3v) is 7.42. The van der Waals surface area contributed by atoms with E-state index in [0.29, 0.717) is 51.5 Å². The Hall–Kier alpha value is -3.93. The normalized spacial score (nSPS) is 14.5. The molecular formula is C26H25F3N6O2S. The maximum Gasteiger partial charge on any atom is 0.435 e. The van der Waals surface area contributed by atoms with Crippen LogP contribution in [0.5, 0.6) is 5.75 Å². The van der Waals surface area contributed by atoms with Crippen molar-refractivity contribution in [3.8, 4) is 16.9 Å². The Bertz CT molecular complexity index is 1570. The first-order chi connectivity index (χ1) is 18.1. The number of thiazole rings is 1. The summed E-state index contributed by atoms with van der Waals surface area (Å²) in [6.45, 7) is 2.42. The van der Waals surface area contributed by atoms with Crippen molar-refractivity contribution in [2.24, 2.45) is 7.05 Å². The fourth-order valence-corrected chi connectivity index (χ4v) is 5.44. The van der Waals surface area contributed by atoms with Crippen LogP contribution in [-0.4, -0.2) is 43.8 Å². The fraction of sp³-hybridized carbons (Fsp3) is 0.308. The summed E-state index contributed by atoms with van der Waals surface area (Å²) >= 11 is 1.24. The first-order valence-corrected chi connectivity index (χ1v) is 12.7. The Labute approximate surface area is 220 Å². The van der Waals surface area contributed by atoms with Gasteiger partial charge in [-0.25, -0.2) is 0 Å². The number of aryl methyl sites for hydroxylation is 1. The van der Waals surface area contributed by atoms with Crippen molar-refractivity contribution < 1.29 is 22.7 Å². The monoisotopic (exact) mass is 542 g/mol. The first-order valence-electron chi connectivity index (χ1n) is 11.8. The molecule has 0 saturated heterocycles. The van der Waals surface area contributed by atoms with Gasteiger partial charge in [-0.2, -0.15) is 18.3 Å². The maximum atomic E-state index is 13.9. The van der Waals surface area contributed by atoms with Gasteiger partial charge in [0.1, 0.15) is 5.75 Å². The molecule has 1 aliphatic rings. The van der Waals surface area contributed by atoms with Crippen molar-refractivity contribution in [3.63, 3.8) is 0 Å². The number of rotatable bonds is 6. The zero-order valence-corrected chi connectivity index (χ0v) is 21.7. The van der Waals surface area contributed by atoms with E-state index in [1.807, 2.05) is 6.92 Å². The summed E-state index contributed by atoms with van der Waals surface area (Å²) in [5, 5.41) is 13.6. The van der Waals surface area contributed by atoms with Crippen LogP contribution in [0.3, 0.4) is 0 Å². The highest BCUT2D eigenvalue weighted by Crippen LogP contribution is 2.40. The predicted octanol–water partition coefficient (Wildman–Crippen LogP) is 4.66. The number of methoxy groups -OCH3 is 1. The van der Waals surface area contributed by atoms with E-state index in [9.17, 15) is 18.0 Å². The van der Waals surface area contributed by atoms with Crippen molar-refractivity contribution in [1.29, 1.82) is 5.41 Å². The quantitative estimate of drug-likeness (QED) is 0.384. The Morgan fingerprint density at radius 1 is 1.21 bits per heavy atom. The molecule has 12 heteroatoms. The summed E-state index contributed by atoms with van der Waals surface area (Å²) in [5.41, 5.74) is 1.45. The van der Waals surface area contributed by atoms with Crippen LogP contribution in [0.1, 0.15) is 45.8 Å². The van der Waals surface area contributed by atoms with Crippen LogP contribution in [0, 0.1) is 5.41 Å². The molecule has 0 bridgehead atoms. The molecule has 8 nitrogen and oxygen atoms in total. The highest BCUT2D eigenvalue weighted by atomic mass is 32.1. The summed E-state index contributed by atoms with van der Waals surface area (Å²) in [4.78, 5) is 20.2. The minimum absolute atomic E-state index is 0.0664. The van der Waals surface area contributed by atoms with Gasteiger partial charge in [-0.3, -0.25) is 19.9 Å². The average Bonchev–Trinajstić information content (AvgIpc) is 3.48. The molecular weight excluding hydrogens is 517 g/mol. The summed E-state index contributed by atoms with van der Waals surface area (Å²) < 4.78 is 49.9. The van der Waals surface area contributed by atoms with Crippen LogP contribution in [0.4, 0.5) is 13.2 Å². The SMILES string of the molecule is COc1ccnc([C@H](C)N2CCc3c(cc(Cn4ccsc4=N)cc3-c3cn(C)nc3C(F)(F)F)C2=O)c1. The van der Waals surface area contributed by atoms with Crippen molar-refractivity contribution >= 4 is 17.2 Å². The van der Waals surface area contributed by atoms with E-state index < -0.39 is 11.9 Å². The van der Waals surface area contributed by atoms with E-state index in [2.05, 4.69) is 10.1 Å². The second-order valence-electron chi connectivity index (χ2n) is 9.11. The van der Waals surface area contributed by atoms with Crippen LogP contribution in [0.25, 0.3) is 11.1 Å². The number of aromatic nitrogens is 4. The number of nitrogens with one attached hydrogen (secondary N) is 1. The summed E-state index contributed by atoms with van der Waals surface area (Å²) in [7, 11) is 2.99. The van der Waals surface area contributed by atoms with Crippen molar-refractivity contribution in [1.82, 2.24) is 24.2 Å². The van der Waals surface area contributed by atoms with Gasteiger partial charge in [-0.15, -0.1) is 11.3 Å². The fourth-order valence-electron chi connectivity index (χ4n) is 4.84. The van der Waals surface area contributed by atoms with Gasteiger partial charge < -0.3 is 14.2 Å². The zero-order chi connectivity index (χ0) is 27.2. The number of nitrogens with zero attached hydrogens (tertiary/aromatic N) is 5. The third-order valence-electron chi connectivity index (χ3n) is 6.71. The lowest BCUT2D eigenvalue weighted by molar-refractivity contribution is -0.140. The molecule has 0 fully saturated rings. The Balaban J connectivity index is 1.63.